The number of hydrogen-bond donors (Lipinski definition) is 0. The zero-order valence-electron chi connectivity index (χ0n) is 17.4. The van der Waals surface area contributed by atoms with Gasteiger partial charge in [0.15, 0.2) is 0 Å². The van der Waals surface area contributed by atoms with Gasteiger partial charge in [-0.1, -0.05) is 42.5 Å². The maximum absolute atomic E-state index is 13.0. The summed E-state index contributed by atoms with van der Waals surface area (Å²) >= 11 is 0. The molecule has 0 aliphatic carbocycles. The van der Waals surface area contributed by atoms with Crippen LogP contribution in [0, 0.1) is 0 Å². The first kappa shape index (κ1) is 20.5. The summed E-state index contributed by atoms with van der Waals surface area (Å²) in [7, 11) is 1.54. The SMILES string of the molecule is COc1ccc(-c2cccc(C(=O)N3CCN(C(=O)Cc4ccccc4)CC3)c2)nn1. The molecule has 1 aliphatic heterocycles. The molecule has 7 heteroatoms. The first-order chi connectivity index (χ1) is 15.1. The normalized spacial score (nSPS) is 13.7. The van der Waals surface area contributed by atoms with Crippen LogP contribution in [0.1, 0.15) is 15.9 Å². The van der Waals surface area contributed by atoms with Crippen molar-refractivity contribution in [2.24, 2.45) is 0 Å². The van der Waals surface area contributed by atoms with Crippen molar-refractivity contribution < 1.29 is 14.3 Å². The molecule has 1 saturated heterocycles. The smallest absolute Gasteiger partial charge is 0.253 e. The van der Waals surface area contributed by atoms with E-state index in [-0.39, 0.29) is 11.8 Å². The molecule has 0 bridgehead atoms. The molecule has 1 aromatic heterocycles. The van der Waals surface area contributed by atoms with E-state index < -0.39 is 0 Å². The number of ether oxygens (including phenoxy) is 1. The third kappa shape index (κ3) is 4.88. The zero-order valence-corrected chi connectivity index (χ0v) is 17.4. The molecule has 4 rings (SSSR count). The van der Waals surface area contributed by atoms with Crippen molar-refractivity contribution in [3.05, 3.63) is 77.9 Å². The van der Waals surface area contributed by atoms with E-state index in [0.29, 0.717) is 49.7 Å². The van der Waals surface area contributed by atoms with Gasteiger partial charge in [-0.05, 0) is 23.8 Å². The van der Waals surface area contributed by atoms with Crippen LogP contribution in [-0.2, 0) is 11.2 Å². The second kappa shape index (κ2) is 9.38. The number of piperazine rings is 1. The van der Waals surface area contributed by atoms with E-state index in [9.17, 15) is 9.59 Å². The van der Waals surface area contributed by atoms with Crippen LogP contribution >= 0.6 is 0 Å². The first-order valence-corrected chi connectivity index (χ1v) is 10.2. The summed E-state index contributed by atoms with van der Waals surface area (Å²) in [6.07, 6.45) is 0.389. The van der Waals surface area contributed by atoms with Gasteiger partial charge in [-0.3, -0.25) is 9.59 Å². The average Bonchev–Trinajstić information content (AvgIpc) is 2.84. The molecule has 7 nitrogen and oxygen atoms in total. The fraction of sp³-hybridized carbons (Fsp3) is 0.250. The van der Waals surface area contributed by atoms with Gasteiger partial charge in [0, 0.05) is 43.4 Å². The van der Waals surface area contributed by atoms with Gasteiger partial charge in [0.05, 0.1) is 19.2 Å². The van der Waals surface area contributed by atoms with Crippen LogP contribution in [0.25, 0.3) is 11.3 Å². The predicted octanol–water partition coefficient (Wildman–Crippen LogP) is 2.68. The van der Waals surface area contributed by atoms with Crippen molar-refractivity contribution in [1.82, 2.24) is 20.0 Å². The molecule has 1 aliphatic rings. The number of carbonyl (C=O) groups is 2. The summed E-state index contributed by atoms with van der Waals surface area (Å²) < 4.78 is 5.04. The monoisotopic (exact) mass is 416 g/mol. The Morgan fingerprint density at radius 1 is 0.871 bits per heavy atom. The van der Waals surface area contributed by atoms with Crippen molar-refractivity contribution in [2.75, 3.05) is 33.3 Å². The first-order valence-electron chi connectivity index (χ1n) is 10.2. The number of amides is 2. The van der Waals surface area contributed by atoms with Crippen LogP contribution in [0.5, 0.6) is 5.88 Å². The fourth-order valence-electron chi connectivity index (χ4n) is 3.62. The maximum Gasteiger partial charge on any atom is 0.253 e. The van der Waals surface area contributed by atoms with E-state index in [1.807, 2.05) is 59.5 Å². The minimum absolute atomic E-state index is 0.0431. The van der Waals surface area contributed by atoms with Crippen LogP contribution in [0.15, 0.2) is 66.7 Å². The quantitative estimate of drug-likeness (QED) is 0.639. The van der Waals surface area contributed by atoms with Crippen molar-refractivity contribution in [1.29, 1.82) is 0 Å². The summed E-state index contributed by atoms with van der Waals surface area (Å²) in [5, 5.41) is 8.14. The van der Waals surface area contributed by atoms with E-state index in [1.165, 1.54) is 7.11 Å². The molecule has 0 unspecified atom stereocenters. The third-order valence-electron chi connectivity index (χ3n) is 5.37. The van der Waals surface area contributed by atoms with Gasteiger partial charge >= 0.3 is 0 Å². The largest absolute Gasteiger partial charge is 0.480 e. The van der Waals surface area contributed by atoms with E-state index in [1.54, 1.807) is 17.0 Å². The van der Waals surface area contributed by atoms with Gasteiger partial charge in [0.25, 0.3) is 5.91 Å². The Kier molecular flexibility index (Phi) is 6.21. The highest BCUT2D eigenvalue weighted by Gasteiger charge is 2.25. The van der Waals surface area contributed by atoms with Crippen LogP contribution in [0.4, 0.5) is 0 Å². The summed E-state index contributed by atoms with van der Waals surface area (Å²) in [6, 6.07) is 20.6. The maximum atomic E-state index is 13.0. The number of aromatic nitrogens is 2. The number of nitrogens with zero attached hydrogens (tertiary/aromatic N) is 4. The lowest BCUT2D eigenvalue weighted by Gasteiger charge is -2.35. The lowest BCUT2D eigenvalue weighted by atomic mass is 10.1. The van der Waals surface area contributed by atoms with Gasteiger partial charge in [0.2, 0.25) is 11.8 Å². The van der Waals surface area contributed by atoms with Crippen molar-refractivity contribution in [3.8, 4) is 17.1 Å². The Morgan fingerprint density at radius 3 is 2.29 bits per heavy atom. The van der Waals surface area contributed by atoms with Crippen LogP contribution in [0.3, 0.4) is 0 Å². The Bertz CT molecular complexity index is 1050. The third-order valence-corrected chi connectivity index (χ3v) is 5.37. The molecule has 31 heavy (non-hydrogen) atoms. The lowest BCUT2D eigenvalue weighted by molar-refractivity contribution is -0.131. The van der Waals surface area contributed by atoms with Gasteiger partial charge in [-0.25, -0.2) is 0 Å². The van der Waals surface area contributed by atoms with Crippen LogP contribution in [0.2, 0.25) is 0 Å². The number of benzene rings is 2. The fourth-order valence-corrected chi connectivity index (χ4v) is 3.62. The number of rotatable bonds is 5. The van der Waals surface area contributed by atoms with Gasteiger partial charge in [-0.15, -0.1) is 10.2 Å². The molecular weight excluding hydrogens is 392 g/mol. The minimum atomic E-state index is -0.0431. The molecule has 0 spiro atoms. The topological polar surface area (TPSA) is 75.6 Å². The molecule has 2 heterocycles. The summed E-state index contributed by atoms with van der Waals surface area (Å²) in [6.45, 7) is 2.12. The molecule has 0 N–H and O–H groups in total. The number of methoxy groups -OCH3 is 1. The predicted molar refractivity (Wildman–Crippen MR) is 117 cm³/mol. The molecule has 158 valence electrons. The summed E-state index contributed by atoms with van der Waals surface area (Å²) in [4.78, 5) is 29.2. The van der Waals surface area contributed by atoms with E-state index >= 15 is 0 Å². The van der Waals surface area contributed by atoms with E-state index in [4.69, 9.17) is 4.74 Å². The molecule has 0 saturated carbocycles. The Morgan fingerprint density at radius 2 is 1.61 bits per heavy atom. The van der Waals surface area contributed by atoms with Crippen LogP contribution in [-0.4, -0.2) is 65.1 Å². The van der Waals surface area contributed by atoms with Crippen LogP contribution < -0.4 is 4.74 Å². The lowest BCUT2D eigenvalue weighted by Crippen LogP contribution is -2.51. The number of carbonyl (C=O) groups excluding carboxylic acids is 2. The average molecular weight is 416 g/mol. The Labute approximate surface area is 181 Å². The summed E-state index contributed by atoms with van der Waals surface area (Å²) in [5.74, 6) is 0.493. The molecule has 0 radical (unpaired) electrons. The zero-order chi connectivity index (χ0) is 21.6. The van der Waals surface area contributed by atoms with E-state index in [0.717, 1.165) is 11.1 Å². The van der Waals surface area contributed by atoms with Crippen molar-refractivity contribution in [3.63, 3.8) is 0 Å². The molecule has 3 aromatic rings. The van der Waals surface area contributed by atoms with Crippen molar-refractivity contribution >= 4 is 11.8 Å². The molecule has 2 amide bonds. The Hall–Kier alpha value is -3.74. The molecular formula is C24H24N4O3. The Balaban J connectivity index is 1.38. The highest BCUT2D eigenvalue weighted by Crippen LogP contribution is 2.20. The minimum Gasteiger partial charge on any atom is -0.480 e. The number of hydrogen-bond acceptors (Lipinski definition) is 5. The molecule has 0 atom stereocenters. The molecule has 2 aromatic carbocycles. The molecule has 1 fully saturated rings. The van der Waals surface area contributed by atoms with Crippen molar-refractivity contribution in [2.45, 2.75) is 6.42 Å². The van der Waals surface area contributed by atoms with Gasteiger partial charge in [0.1, 0.15) is 0 Å². The van der Waals surface area contributed by atoms with E-state index in [2.05, 4.69) is 10.2 Å². The highest BCUT2D eigenvalue weighted by molar-refractivity contribution is 5.95. The second-order valence-corrected chi connectivity index (χ2v) is 7.38. The second-order valence-electron chi connectivity index (χ2n) is 7.38. The van der Waals surface area contributed by atoms with Gasteiger partial charge < -0.3 is 14.5 Å². The van der Waals surface area contributed by atoms with Gasteiger partial charge in [-0.2, -0.15) is 0 Å². The highest BCUT2D eigenvalue weighted by atomic mass is 16.5. The summed E-state index contributed by atoms with van der Waals surface area (Å²) in [5.41, 5.74) is 3.09. The standard InChI is InChI=1S/C24H24N4O3/c1-31-22-11-10-21(25-26-22)19-8-5-9-20(17-19)24(30)28-14-12-27(13-15-28)23(29)16-18-6-3-2-4-7-18/h2-11,17H,12-16H2,1H3.